The third kappa shape index (κ3) is 5.63. The topological polar surface area (TPSA) is 85.9 Å². The van der Waals surface area contributed by atoms with Gasteiger partial charge in [-0.2, -0.15) is 0 Å². The van der Waals surface area contributed by atoms with Crippen molar-refractivity contribution in [3.63, 3.8) is 0 Å². The first kappa shape index (κ1) is 27.6. The lowest BCUT2D eigenvalue weighted by atomic mass is 10.1. The van der Waals surface area contributed by atoms with Crippen LogP contribution in [0.1, 0.15) is 24.2 Å². The molecule has 218 valence electrons. The summed E-state index contributed by atoms with van der Waals surface area (Å²) in [5, 5.41) is 6.17. The third-order valence-electron chi connectivity index (χ3n) is 7.50. The highest BCUT2D eigenvalue weighted by Gasteiger charge is 2.47. The highest BCUT2D eigenvalue weighted by Crippen LogP contribution is 2.35. The van der Waals surface area contributed by atoms with Gasteiger partial charge in [0.15, 0.2) is 17.4 Å². The van der Waals surface area contributed by atoms with E-state index in [2.05, 4.69) is 43.1 Å². The highest BCUT2D eigenvalue weighted by molar-refractivity contribution is 6.02. The molecule has 4 heterocycles. The van der Waals surface area contributed by atoms with Gasteiger partial charge in [0.05, 0.1) is 24.4 Å². The van der Waals surface area contributed by atoms with Crippen molar-refractivity contribution >= 4 is 23.1 Å². The molecule has 12 heteroatoms. The number of nitrogens with zero attached hydrogens (tertiary/aromatic N) is 5. The molecule has 1 amide bonds. The maximum absolute atomic E-state index is 15.4. The summed E-state index contributed by atoms with van der Waals surface area (Å²) in [7, 11) is 0. The number of carbonyl (C=O) groups is 1. The Bertz CT molecular complexity index is 1560. The first-order valence-electron chi connectivity index (χ1n) is 13.8. The van der Waals surface area contributed by atoms with Crippen LogP contribution in [0, 0.1) is 0 Å². The van der Waals surface area contributed by atoms with Crippen molar-refractivity contribution in [2.75, 3.05) is 56.0 Å². The number of likely N-dealkylation sites (N-methyl/N-ethyl adjacent to an activating group) is 1. The maximum atomic E-state index is 15.4. The Balaban J connectivity index is 1.29. The molecule has 2 N–H and O–H groups in total. The molecule has 2 fully saturated rings. The molecule has 0 atom stereocenters. The fourth-order valence-electron chi connectivity index (χ4n) is 5.19. The van der Waals surface area contributed by atoms with Crippen LogP contribution in [0.3, 0.4) is 0 Å². The molecule has 0 unspecified atom stereocenters. The Morgan fingerprint density at radius 2 is 1.86 bits per heavy atom. The summed E-state index contributed by atoms with van der Waals surface area (Å²) < 4.78 is 48.7. The van der Waals surface area contributed by atoms with E-state index in [1.165, 1.54) is 12.4 Å². The molecule has 2 bridgehead atoms. The van der Waals surface area contributed by atoms with E-state index in [9.17, 15) is 13.6 Å². The average molecular weight is 578 g/mol. The zero-order valence-electron chi connectivity index (χ0n) is 23.3. The minimum absolute atomic E-state index is 0.0550. The molecule has 6 rings (SSSR count). The van der Waals surface area contributed by atoms with Crippen LogP contribution in [-0.2, 0) is 0 Å². The number of carbonyl (C=O) groups excluding carboxylic acids is 1. The molecule has 4 aliphatic rings. The summed E-state index contributed by atoms with van der Waals surface area (Å²) in [6.45, 7) is 7.32. The van der Waals surface area contributed by atoms with Gasteiger partial charge in [-0.1, -0.05) is 12.7 Å². The number of nitrogens with one attached hydrogen (secondary N) is 2. The van der Waals surface area contributed by atoms with Crippen molar-refractivity contribution < 1.29 is 22.7 Å². The number of hydrogen-bond donors (Lipinski definition) is 2. The van der Waals surface area contributed by atoms with E-state index < -0.39 is 30.7 Å². The molecular formula is C30H30F3N7O2. The van der Waals surface area contributed by atoms with E-state index in [0.717, 1.165) is 49.0 Å². The van der Waals surface area contributed by atoms with Crippen LogP contribution in [0.2, 0.25) is 0 Å². The zero-order valence-corrected chi connectivity index (χ0v) is 23.3. The average Bonchev–Trinajstić information content (AvgIpc) is 3.07. The third-order valence-corrected chi connectivity index (χ3v) is 7.50. The molecule has 42 heavy (non-hydrogen) atoms. The predicted molar refractivity (Wildman–Crippen MR) is 152 cm³/mol. The van der Waals surface area contributed by atoms with Gasteiger partial charge < -0.3 is 30.1 Å². The summed E-state index contributed by atoms with van der Waals surface area (Å²) >= 11 is 0. The van der Waals surface area contributed by atoms with Crippen LogP contribution >= 0.6 is 0 Å². The van der Waals surface area contributed by atoms with Gasteiger partial charge in [0.2, 0.25) is 5.88 Å². The number of hydrogen-bond acceptors (Lipinski definition) is 8. The van der Waals surface area contributed by atoms with Crippen LogP contribution < -0.4 is 20.3 Å². The second kappa shape index (κ2) is 11.0. The van der Waals surface area contributed by atoms with Gasteiger partial charge in [-0.15, -0.1) is 0 Å². The highest BCUT2D eigenvalue weighted by atomic mass is 19.3. The van der Waals surface area contributed by atoms with Gasteiger partial charge in [0, 0.05) is 43.3 Å². The number of anilines is 3. The van der Waals surface area contributed by atoms with E-state index in [1.807, 2.05) is 24.3 Å². The monoisotopic (exact) mass is 577 g/mol. The summed E-state index contributed by atoms with van der Waals surface area (Å²) in [6, 6.07) is 7.65. The standard InChI is InChI=1S/C30H30F3N7O2/c1-3-38-10-12-39(13-11-38)23-7-4-21(5-8-23)37-27-25(29(41)40-16-30(32,33)17-40)28(35-18-34-27)42-24-9-6-22-15-20(26(24)31)14-19(2)36-22/h4-9,14,18,36H,3,10-13,16-17H2,1-2H3,(H,34,35,37). The van der Waals surface area contributed by atoms with E-state index in [0.29, 0.717) is 11.4 Å². The predicted octanol–water partition coefficient (Wildman–Crippen LogP) is 4.50. The molecule has 1 aromatic carbocycles. The Morgan fingerprint density at radius 3 is 2.55 bits per heavy atom. The molecule has 9 nitrogen and oxygen atoms in total. The quantitative estimate of drug-likeness (QED) is 0.466. The van der Waals surface area contributed by atoms with Crippen molar-refractivity contribution in [1.29, 1.82) is 0 Å². The molecule has 1 aromatic heterocycles. The largest absolute Gasteiger partial charge is 0.435 e. The zero-order chi connectivity index (χ0) is 29.4. The van der Waals surface area contributed by atoms with Gasteiger partial charge in [-0.05, 0) is 56.0 Å². The first-order valence-corrected chi connectivity index (χ1v) is 13.8. The van der Waals surface area contributed by atoms with Crippen molar-refractivity contribution in [3.05, 3.63) is 88.7 Å². The van der Waals surface area contributed by atoms with Crippen molar-refractivity contribution in [2.45, 2.75) is 19.8 Å². The lowest BCUT2D eigenvalue weighted by Gasteiger charge is -2.38. The van der Waals surface area contributed by atoms with Gasteiger partial charge in [0.1, 0.15) is 11.9 Å². The molecule has 0 saturated carbocycles. The summed E-state index contributed by atoms with van der Waals surface area (Å²) in [5.41, 5.74) is 5.85. The molecule has 0 spiro atoms. The minimum Gasteiger partial charge on any atom is -0.435 e. The van der Waals surface area contributed by atoms with E-state index >= 15 is 4.39 Å². The smallest absolute Gasteiger partial charge is 0.282 e. The number of ether oxygens (including phenoxy) is 1. The van der Waals surface area contributed by atoms with E-state index in [-0.39, 0.29) is 28.6 Å². The van der Waals surface area contributed by atoms with Gasteiger partial charge in [-0.25, -0.2) is 23.1 Å². The van der Waals surface area contributed by atoms with Gasteiger partial charge in [-0.3, -0.25) is 4.79 Å². The number of allylic oxidation sites excluding steroid dienone is 5. The summed E-state index contributed by atoms with van der Waals surface area (Å²) in [5.74, 6) is -4.85. The van der Waals surface area contributed by atoms with Crippen LogP contribution in [0.15, 0.2) is 83.1 Å². The Kier molecular flexibility index (Phi) is 7.26. The normalized spacial score (nSPS) is 19.7. The lowest BCUT2D eigenvalue weighted by Crippen LogP contribution is -2.58. The van der Waals surface area contributed by atoms with Crippen LogP contribution in [-0.4, -0.2) is 77.4 Å². The number of rotatable bonds is 7. The molecule has 2 aromatic rings. The Morgan fingerprint density at radius 1 is 1.12 bits per heavy atom. The number of alkyl halides is 2. The second-order valence-electron chi connectivity index (χ2n) is 10.5. The Labute approximate surface area is 241 Å². The van der Waals surface area contributed by atoms with E-state index in [1.54, 1.807) is 19.1 Å². The SMILES string of the molecule is CCN1CCN(c2ccc(Nc3ncnc(OC4=C(F)C5=C=C(C=C4)NC(C)=C5)c3C(=O)N3CC(F)(F)C3)cc2)CC1. The number of aromatic nitrogens is 2. The molecule has 1 aliphatic carbocycles. The van der Waals surface area contributed by atoms with Gasteiger partial charge >= 0.3 is 0 Å². The minimum atomic E-state index is -2.98. The summed E-state index contributed by atoms with van der Waals surface area (Å²) in [6.07, 6.45) is 5.72. The van der Waals surface area contributed by atoms with Crippen molar-refractivity contribution in [1.82, 2.24) is 25.1 Å². The lowest BCUT2D eigenvalue weighted by molar-refractivity contribution is -0.113. The maximum Gasteiger partial charge on any atom is 0.282 e. The van der Waals surface area contributed by atoms with Crippen LogP contribution in [0.25, 0.3) is 0 Å². The molecular weight excluding hydrogens is 547 g/mol. The molecule has 3 aliphatic heterocycles. The van der Waals surface area contributed by atoms with Crippen molar-refractivity contribution in [3.8, 4) is 5.88 Å². The van der Waals surface area contributed by atoms with Gasteiger partial charge in [0.25, 0.3) is 11.8 Å². The van der Waals surface area contributed by atoms with Crippen LogP contribution in [0.5, 0.6) is 5.88 Å². The number of halogens is 3. The fourth-order valence-corrected chi connectivity index (χ4v) is 5.19. The second-order valence-corrected chi connectivity index (χ2v) is 10.5. The van der Waals surface area contributed by atoms with E-state index in [4.69, 9.17) is 4.74 Å². The number of amides is 1. The summed E-state index contributed by atoms with van der Waals surface area (Å²) in [4.78, 5) is 27.5. The van der Waals surface area contributed by atoms with Crippen LogP contribution in [0.4, 0.5) is 30.4 Å². The number of likely N-dealkylation sites (tertiary alicyclic amines) is 1. The number of benzene rings is 1. The number of piperazine rings is 1. The molecule has 2 saturated heterocycles. The fraction of sp³-hybridized carbons (Fsp3) is 0.333. The first-order chi connectivity index (χ1) is 20.2. The molecule has 0 radical (unpaired) electrons. The van der Waals surface area contributed by atoms with Crippen molar-refractivity contribution in [2.24, 2.45) is 0 Å². The Hall–Kier alpha value is -4.54.